The second kappa shape index (κ2) is 4.38. The van der Waals surface area contributed by atoms with Crippen LogP contribution in [0.15, 0.2) is 36.4 Å². The monoisotopic (exact) mass is 237 g/mol. The molecule has 0 atom stereocenters. The number of hydrogen-bond donors (Lipinski definition) is 1. The van der Waals surface area contributed by atoms with Gasteiger partial charge in [0.2, 0.25) is 0 Å². The number of allylic oxidation sites excluding steroid dienone is 3. The Hall–Kier alpha value is -1.94. The van der Waals surface area contributed by atoms with Crippen LogP contribution in [0.1, 0.15) is 31.9 Å². The van der Waals surface area contributed by atoms with Crippen molar-refractivity contribution in [2.45, 2.75) is 32.7 Å². The van der Waals surface area contributed by atoms with Crippen LogP contribution in [0.5, 0.6) is 0 Å². The van der Waals surface area contributed by atoms with Crippen molar-refractivity contribution >= 4 is 11.3 Å². The minimum absolute atomic E-state index is 0.329. The summed E-state index contributed by atoms with van der Waals surface area (Å²) in [4.78, 5) is 0. The molecule has 18 heavy (non-hydrogen) atoms. The molecule has 0 fully saturated rings. The van der Waals surface area contributed by atoms with Gasteiger partial charge in [-0.3, -0.25) is 0 Å². The Bertz CT molecular complexity index is 568. The maximum Gasteiger partial charge on any atom is 0.0927 e. The van der Waals surface area contributed by atoms with Gasteiger partial charge in [-0.05, 0) is 56.0 Å². The van der Waals surface area contributed by atoms with Crippen LogP contribution >= 0.6 is 0 Å². The second-order valence-electron chi connectivity index (χ2n) is 5.43. The lowest BCUT2D eigenvalue weighted by molar-refractivity contribution is 0.741. The molecule has 0 unspecified atom stereocenters. The first-order valence-corrected chi connectivity index (χ1v) is 6.16. The van der Waals surface area contributed by atoms with E-state index in [1.807, 2.05) is 13.8 Å². The molecule has 0 amide bonds. The van der Waals surface area contributed by atoms with E-state index >= 15 is 0 Å². The molecular formula is C17H19N. The molecule has 1 aromatic rings. The van der Waals surface area contributed by atoms with Crippen LogP contribution in [0.2, 0.25) is 0 Å². The van der Waals surface area contributed by atoms with Crippen molar-refractivity contribution < 1.29 is 0 Å². The minimum atomic E-state index is -0.329. The molecule has 1 N–H and O–H groups in total. The summed E-state index contributed by atoms with van der Waals surface area (Å²) in [6.07, 6.45) is 8.57. The Morgan fingerprint density at radius 3 is 2.78 bits per heavy atom. The van der Waals surface area contributed by atoms with E-state index in [1.54, 1.807) is 0 Å². The lowest BCUT2D eigenvalue weighted by Gasteiger charge is -2.23. The van der Waals surface area contributed by atoms with Crippen molar-refractivity contribution in [1.82, 2.24) is 0 Å². The summed E-state index contributed by atoms with van der Waals surface area (Å²) >= 11 is 0. The zero-order valence-electron chi connectivity index (χ0n) is 11.3. The van der Waals surface area contributed by atoms with E-state index in [4.69, 9.17) is 6.42 Å². The first-order chi connectivity index (χ1) is 8.41. The third-order valence-electron chi connectivity index (χ3n) is 3.19. The molecule has 0 radical (unpaired) electrons. The molecule has 1 aliphatic carbocycles. The summed E-state index contributed by atoms with van der Waals surface area (Å²) in [5.74, 6) is 2.75. The predicted molar refractivity (Wildman–Crippen MR) is 79.5 cm³/mol. The van der Waals surface area contributed by atoms with Crippen molar-refractivity contribution in [3.63, 3.8) is 0 Å². The van der Waals surface area contributed by atoms with E-state index in [0.29, 0.717) is 0 Å². The van der Waals surface area contributed by atoms with Crippen molar-refractivity contribution in [3.8, 4) is 12.3 Å². The normalized spacial score (nSPS) is 14.6. The van der Waals surface area contributed by atoms with Crippen LogP contribution < -0.4 is 5.32 Å². The molecule has 0 saturated carbocycles. The molecule has 0 heterocycles. The Kier molecular flexibility index (Phi) is 3.05. The van der Waals surface area contributed by atoms with Crippen molar-refractivity contribution in [2.75, 3.05) is 5.32 Å². The molecule has 0 saturated heterocycles. The lowest BCUT2D eigenvalue weighted by Crippen LogP contribution is -2.28. The number of rotatable bonds is 2. The zero-order chi connectivity index (χ0) is 13.3. The fraction of sp³-hybridized carbons (Fsp3) is 0.294. The van der Waals surface area contributed by atoms with Crippen LogP contribution in [-0.2, 0) is 6.42 Å². The molecule has 1 aliphatic rings. The van der Waals surface area contributed by atoms with E-state index in [9.17, 15) is 0 Å². The summed E-state index contributed by atoms with van der Waals surface area (Å²) < 4.78 is 0. The third-order valence-corrected chi connectivity index (χ3v) is 3.19. The van der Waals surface area contributed by atoms with Gasteiger partial charge in [0.25, 0.3) is 0 Å². The van der Waals surface area contributed by atoms with Gasteiger partial charge >= 0.3 is 0 Å². The van der Waals surface area contributed by atoms with Gasteiger partial charge in [0, 0.05) is 5.69 Å². The minimum Gasteiger partial charge on any atom is -0.370 e. The largest absolute Gasteiger partial charge is 0.370 e. The van der Waals surface area contributed by atoms with Crippen LogP contribution in [-0.4, -0.2) is 5.54 Å². The van der Waals surface area contributed by atoms with Gasteiger partial charge in [0.1, 0.15) is 0 Å². The van der Waals surface area contributed by atoms with Gasteiger partial charge < -0.3 is 5.32 Å². The molecular weight excluding hydrogens is 218 g/mol. The van der Waals surface area contributed by atoms with Crippen LogP contribution in [0.3, 0.4) is 0 Å². The second-order valence-corrected chi connectivity index (χ2v) is 5.43. The van der Waals surface area contributed by atoms with Gasteiger partial charge in [-0.1, -0.05) is 30.2 Å². The molecule has 0 bridgehead atoms. The van der Waals surface area contributed by atoms with E-state index in [0.717, 1.165) is 17.7 Å². The maximum absolute atomic E-state index is 5.50. The molecule has 92 valence electrons. The number of fused-ring (bicyclic) bond motifs is 1. The van der Waals surface area contributed by atoms with Gasteiger partial charge in [0.05, 0.1) is 5.54 Å². The summed E-state index contributed by atoms with van der Waals surface area (Å²) in [5.41, 5.74) is 5.81. The summed E-state index contributed by atoms with van der Waals surface area (Å²) in [7, 11) is 0. The maximum atomic E-state index is 5.50. The van der Waals surface area contributed by atoms with Gasteiger partial charge in [-0.25, -0.2) is 0 Å². The fourth-order valence-corrected chi connectivity index (χ4v) is 2.28. The molecule has 2 rings (SSSR count). The fourth-order valence-electron chi connectivity index (χ4n) is 2.28. The lowest BCUT2D eigenvalue weighted by atomic mass is 9.89. The average Bonchev–Trinajstić information content (AvgIpc) is 2.27. The summed E-state index contributed by atoms with van der Waals surface area (Å²) in [6, 6.07) is 6.42. The van der Waals surface area contributed by atoms with Crippen molar-refractivity contribution in [2.24, 2.45) is 0 Å². The molecule has 0 spiro atoms. The topological polar surface area (TPSA) is 12.0 Å². The molecule has 1 nitrogen and oxygen atoms in total. The number of anilines is 1. The average molecular weight is 237 g/mol. The van der Waals surface area contributed by atoms with E-state index in [-0.39, 0.29) is 5.54 Å². The molecule has 0 aliphatic heterocycles. The standard InChI is InChI=1S/C17H19N/c1-6-17(4,5)18-15-7-8-16-13(3)9-12(2)10-14(16)11-15/h1,7-9,11,18H,2,10H2,3-5H3. The molecule has 1 aromatic carbocycles. The Balaban J connectivity index is 2.35. The molecule has 1 heteroatoms. The van der Waals surface area contributed by atoms with Crippen LogP contribution in [0, 0.1) is 12.3 Å². The highest BCUT2D eigenvalue weighted by Crippen LogP contribution is 2.30. The number of benzene rings is 1. The highest BCUT2D eigenvalue weighted by atomic mass is 14.9. The third kappa shape index (κ3) is 2.49. The number of hydrogen-bond acceptors (Lipinski definition) is 1. The Labute approximate surface area is 110 Å². The van der Waals surface area contributed by atoms with Gasteiger partial charge in [-0.2, -0.15) is 0 Å². The number of nitrogens with one attached hydrogen (secondary N) is 1. The SMILES string of the molecule is C#CC(C)(C)Nc1ccc2c(c1)CC(=C)C=C2C. The molecule has 0 aromatic heterocycles. The van der Waals surface area contributed by atoms with Crippen molar-refractivity contribution in [3.05, 3.63) is 47.6 Å². The van der Waals surface area contributed by atoms with E-state index in [1.165, 1.54) is 16.7 Å². The Morgan fingerprint density at radius 2 is 2.11 bits per heavy atom. The zero-order valence-corrected chi connectivity index (χ0v) is 11.3. The predicted octanol–water partition coefficient (Wildman–Crippen LogP) is 4.03. The van der Waals surface area contributed by atoms with Crippen LogP contribution in [0.25, 0.3) is 5.57 Å². The number of terminal acetylenes is 1. The van der Waals surface area contributed by atoms with E-state index in [2.05, 4.69) is 49.0 Å². The highest BCUT2D eigenvalue weighted by Gasteiger charge is 2.16. The smallest absolute Gasteiger partial charge is 0.0927 e. The van der Waals surface area contributed by atoms with Gasteiger partial charge in [0.15, 0.2) is 0 Å². The quantitative estimate of drug-likeness (QED) is 0.766. The van der Waals surface area contributed by atoms with Gasteiger partial charge in [-0.15, -0.1) is 6.42 Å². The highest BCUT2D eigenvalue weighted by molar-refractivity contribution is 5.74. The first kappa shape index (κ1) is 12.5. The Morgan fingerprint density at radius 1 is 1.39 bits per heavy atom. The summed E-state index contributed by atoms with van der Waals surface area (Å²) in [6.45, 7) is 10.2. The van der Waals surface area contributed by atoms with E-state index < -0.39 is 0 Å². The summed E-state index contributed by atoms with van der Waals surface area (Å²) in [5, 5.41) is 3.36. The van der Waals surface area contributed by atoms with Crippen molar-refractivity contribution in [1.29, 1.82) is 0 Å². The first-order valence-electron chi connectivity index (χ1n) is 6.16. The van der Waals surface area contributed by atoms with Crippen LogP contribution in [0.4, 0.5) is 5.69 Å².